The van der Waals surface area contributed by atoms with Gasteiger partial charge < -0.3 is 0 Å². The van der Waals surface area contributed by atoms with E-state index in [1.54, 1.807) is 0 Å². The molecule has 0 aromatic carbocycles. The normalized spacial score (nSPS) is 56.6. The molecular formula is C9H12O. The lowest BCUT2D eigenvalue weighted by Crippen LogP contribution is -2.30. The van der Waals surface area contributed by atoms with Gasteiger partial charge in [-0.05, 0) is 31.1 Å². The molecular weight excluding hydrogens is 124 g/mol. The lowest BCUT2D eigenvalue weighted by atomic mass is 9.78. The maximum absolute atomic E-state index is 11.2. The Morgan fingerprint density at radius 1 is 1.10 bits per heavy atom. The summed E-state index contributed by atoms with van der Waals surface area (Å²) < 4.78 is 0. The van der Waals surface area contributed by atoms with E-state index in [4.69, 9.17) is 0 Å². The number of hydrogen-bond donors (Lipinski definition) is 0. The molecule has 0 aromatic heterocycles. The van der Waals surface area contributed by atoms with Crippen LogP contribution >= 0.6 is 0 Å². The van der Waals surface area contributed by atoms with E-state index in [9.17, 15) is 4.79 Å². The zero-order chi connectivity index (χ0) is 6.72. The van der Waals surface area contributed by atoms with Crippen LogP contribution in [0.25, 0.3) is 0 Å². The number of hydrogen-bond acceptors (Lipinski definition) is 1. The first-order chi connectivity index (χ1) is 4.88. The Balaban J connectivity index is 1.99. The molecule has 0 aromatic rings. The first-order valence-electron chi connectivity index (χ1n) is 4.41. The second-order valence-electron chi connectivity index (χ2n) is 4.11. The average molecular weight is 136 g/mol. The quantitative estimate of drug-likeness (QED) is 0.494. The van der Waals surface area contributed by atoms with Gasteiger partial charge in [0.1, 0.15) is 5.78 Å². The molecule has 10 heavy (non-hydrogen) atoms. The molecule has 0 radical (unpaired) electrons. The standard InChI is InChI=1S/C9H12O/c10-9-7-4-8(9)6-3-1-2-5(6)7/h5-8H,1-4H2. The molecule has 4 rings (SSSR count). The highest BCUT2D eigenvalue weighted by atomic mass is 16.1. The van der Waals surface area contributed by atoms with Gasteiger partial charge in [0.25, 0.3) is 0 Å². The van der Waals surface area contributed by atoms with Gasteiger partial charge in [-0.3, -0.25) is 4.79 Å². The van der Waals surface area contributed by atoms with Crippen LogP contribution in [0.1, 0.15) is 25.7 Å². The van der Waals surface area contributed by atoms with Crippen LogP contribution in [-0.4, -0.2) is 5.78 Å². The summed E-state index contributed by atoms with van der Waals surface area (Å²) in [6.07, 6.45) is 5.37. The topological polar surface area (TPSA) is 17.1 Å². The summed E-state index contributed by atoms with van der Waals surface area (Å²) in [5, 5.41) is 0. The summed E-state index contributed by atoms with van der Waals surface area (Å²) in [6.45, 7) is 0. The third-order valence-corrected chi connectivity index (χ3v) is 3.90. The van der Waals surface area contributed by atoms with E-state index >= 15 is 0 Å². The molecule has 4 aliphatic rings. The van der Waals surface area contributed by atoms with Gasteiger partial charge in [-0.15, -0.1) is 0 Å². The fourth-order valence-electron chi connectivity index (χ4n) is 3.41. The molecule has 0 N–H and O–H groups in total. The van der Waals surface area contributed by atoms with Crippen molar-refractivity contribution < 1.29 is 4.79 Å². The van der Waals surface area contributed by atoms with Crippen molar-refractivity contribution >= 4 is 5.78 Å². The molecule has 54 valence electrons. The molecule has 4 fully saturated rings. The lowest BCUT2D eigenvalue weighted by Gasteiger charge is -2.24. The third-order valence-electron chi connectivity index (χ3n) is 3.90. The molecule has 0 saturated heterocycles. The number of rotatable bonds is 0. The summed E-state index contributed by atoms with van der Waals surface area (Å²) in [7, 11) is 0. The molecule has 4 saturated carbocycles. The van der Waals surface area contributed by atoms with Crippen LogP contribution in [-0.2, 0) is 4.79 Å². The molecule has 4 aliphatic carbocycles. The van der Waals surface area contributed by atoms with Crippen LogP contribution < -0.4 is 0 Å². The molecule has 4 unspecified atom stereocenters. The summed E-state index contributed by atoms with van der Waals surface area (Å²) in [6, 6.07) is 0. The molecule has 4 atom stereocenters. The Morgan fingerprint density at radius 2 is 1.70 bits per heavy atom. The summed E-state index contributed by atoms with van der Waals surface area (Å²) in [4.78, 5) is 11.2. The molecule has 2 bridgehead atoms. The van der Waals surface area contributed by atoms with E-state index in [0.29, 0.717) is 17.6 Å². The average Bonchev–Trinajstić information content (AvgIpc) is 2.44. The molecule has 0 spiro atoms. The van der Waals surface area contributed by atoms with Gasteiger partial charge in [0.05, 0.1) is 0 Å². The molecule has 1 heteroatoms. The molecule has 0 heterocycles. The highest BCUT2D eigenvalue weighted by Crippen LogP contribution is 2.59. The van der Waals surface area contributed by atoms with Crippen LogP contribution in [0, 0.1) is 23.7 Å². The number of carbonyl (C=O) groups excluding carboxylic acids is 1. The fourth-order valence-corrected chi connectivity index (χ4v) is 3.41. The minimum Gasteiger partial charge on any atom is -0.299 e. The Bertz CT molecular complexity index is 179. The van der Waals surface area contributed by atoms with Crippen LogP contribution in [0.3, 0.4) is 0 Å². The van der Waals surface area contributed by atoms with Crippen molar-refractivity contribution in [1.82, 2.24) is 0 Å². The van der Waals surface area contributed by atoms with Gasteiger partial charge in [-0.25, -0.2) is 0 Å². The SMILES string of the molecule is O=C1C2CC1C1CCCC21. The van der Waals surface area contributed by atoms with E-state index in [1.165, 1.54) is 25.7 Å². The molecule has 0 aliphatic heterocycles. The Hall–Kier alpha value is -0.330. The van der Waals surface area contributed by atoms with Crippen LogP contribution in [0.4, 0.5) is 0 Å². The van der Waals surface area contributed by atoms with Crippen molar-refractivity contribution in [3.63, 3.8) is 0 Å². The first-order valence-corrected chi connectivity index (χ1v) is 4.41. The highest BCUT2D eigenvalue weighted by Gasteiger charge is 2.59. The van der Waals surface area contributed by atoms with Gasteiger partial charge in [0.2, 0.25) is 0 Å². The second kappa shape index (κ2) is 1.46. The maximum atomic E-state index is 11.2. The lowest BCUT2D eigenvalue weighted by molar-refractivity contribution is -0.132. The second-order valence-corrected chi connectivity index (χ2v) is 4.11. The largest absolute Gasteiger partial charge is 0.299 e. The Kier molecular flexibility index (Phi) is 0.781. The number of Topliss-reactive ketones (excluding diaryl/α,β-unsaturated/α-hetero) is 1. The van der Waals surface area contributed by atoms with Crippen molar-refractivity contribution in [1.29, 1.82) is 0 Å². The van der Waals surface area contributed by atoms with Gasteiger partial charge in [0.15, 0.2) is 0 Å². The minimum absolute atomic E-state index is 0.539. The zero-order valence-electron chi connectivity index (χ0n) is 6.05. The number of carbonyl (C=O) groups is 1. The van der Waals surface area contributed by atoms with E-state index in [2.05, 4.69) is 0 Å². The van der Waals surface area contributed by atoms with Gasteiger partial charge >= 0.3 is 0 Å². The number of ketones is 1. The van der Waals surface area contributed by atoms with E-state index in [0.717, 1.165) is 11.8 Å². The van der Waals surface area contributed by atoms with Crippen molar-refractivity contribution in [2.75, 3.05) is 0 Å². The summed E-state index contributed by atoms with van der Waals surface area (Å²) >= 11 is 0. The Morgan fingerprint density at radius 3 is 2.20 bits per heavy atom. The van der Waals surface area contributed by atoms with Gasteiger partial charge in [-0.2, -0.15) is 0 Å². The van der Waals surface area contributed by atoms with E-state index in [-0.39, 0.29) is 0 Å². The van der Waals surface area contributed by atoms with E-state index in [1.807, 2.05) is 0 Å². The van der Waals surface area contributed by atoms with Crippen LogP contribution in [0.15, 0.2) is 0 Å². The van der Waals surface area contributed by atoms with Crippen LogP contribution in [0.5, 0.6) is 0 Å². The third kappa shape index (κ3) is 0.388. The van der Waals surface area contributed by atoms with Gasteiger partial charge in [-0.1, -0.05) is 6.42 Å². The van der Waals surface area contributed by atoms with Crippen molar-refractivity contribution in [2.45, 2.75) is 25.7 Å². The predicted molar refractivity (Wildman–Crippen MR) is 37.4 cm³/mol. The summed E-state index contributed by atoms with van der Waals surface area (Å²) in [5.74, 6) is 3.39. The van der Waals surface area contributed by atoms with Crippen molar-refractivity contribution in [3.8, 4) is 0 Å². The van der Waals surface area contributed by atoms with E-state index < -0.39 is 0 Å². The molecule has 1 nitrogen and oxygen atoms in total. The minimum atomic E-state index is 0.539. The predicted octanol–water partition coefficient (Wildman–Crippen LogP) is 1.62. The zero-order valence-corrected chi connectivity index (χ0v) is 6.05. The molecule has 0 amide bonds. The summed E-state index contributed by atoms with van der Waals surface area (Å²) in [5.41, 5.74) is 0. The van der Waals surface area contributed by atoms with Crippen molar-refractivity contribution in [3.05, 3.63) is 0 Å². The maximum Gasteiger partial charge on any atom is 0.139 e. The first kappa shape index (κ1) is 5.34. The highest BCUT2D eigenvalue weighted by molar-refractivity contribution is 5.92. The van der Waals surface area contributed by atoms with Crippen molar-refractivity contribution in [2.24, 2.45) is 23.7 Å². The monoisotopic (exact) mass is 136 g/mol. The van der Waals surface area contributed by atoms with Gasteiger partial charge in [0, 0.05) is 11.8 Å². The van der Waals surface area contributed by atoms with Crippen LogP contribution in [0.2, 0.25) is 0 Å². The Labute approximate surface area is 60.8 Å². The smallest absolute Gasteiger partial charge is 0.139 e. The fraction of sp³-hybridized carbons (Fsp3) is 0.889.